The largest absolute Gasteiger partial charge is 0.465 e. The molecule has 0 aromatic heterocycles. The predicted octanol–water partition coefficient (Wildman–Crippen LogP) is 2.22. The molecule has 0 aromatic rings. The maximum Gasteiger partial charge on any atom is 0.323 e. The van der Waals surface area contributed by atoms with Crippen LogP contribution in [0.3, 0.4) is 0 Å². The van der Waals surface area contributed by atoms with E-state index in [-0.39, 0.29) is 12.0 Å². The number of rotatable bonds is 4. The van der Waals surface area contributed by atoms with E-state index < -0.39 is 0 Å². The Morgan fingerprint density at radius 1 is 1.39 bits per heavy atom. The van der Waals surface area contributed by atoms with Crippen molar-refractivity contribution in [2.24, 2.45) is 5.92 Å². The first-order valence-electron chi connectivity index (χ1n) is 7.17. The second-order valence-electron chi connectivity index (χ2n) is 5.51. The summed E-state index contributed by atoms with van der Waals surface area (Å²) in [5.74, 6) is 0.567. The SMILES string of the molecule is CCOC(=O)[C@@H]1CC(=N)CN1CC1CCCCC1. The molecule has 1 saturated carbocycles. The lowest BCUT2D eigenvalue weighted by molar-refractivity contribution is -0.148. The van der Waals surface area contributed by atoms with Gasteiger partial charge in [-0.05, 0) is 25.7 Å². The highest BCUT2D eigenvalue weighted by Gasteiger charge is 2.36. The van der Waals surface area contributed by atoms with Crippen molar-refractivity contribution in [3.63, 3.8) is 0 Å². The van der Waals surface area contributed by atoms with Crippen LogP contribution in [-0.4, -0.2) is 42.3 Å². The first-order chi connectivity index (χ1) is 8.70. The average molecular weight is 252 g/mol. The van der Waals surface area contributed by atoms with Crippen molar-refractivity contribution in [3.8, 4) is 0 Å². The van der Waals surface area contributed by atoms with Gasteiger partial charge in [0.25, 0.3) is 0 Å². The van der Waals surface area contributed by atoms with E-state index in [1.807, 2.05) is 6.92 Å². The number of nitrogens with one attached hydrogen (secondary N) is 1. The smallest absolute Gasteiger partial charge is 0.323 e. The van der Waals surface area contributed by atoms with E-state index in [1.54, 1.807) is 0 Å². The van der Waals surface area contributed by atoms with Crippen molar-refractivity contribution in [3.05, 3.63) is 0 Å². The van der Waals surface area contributed by atoms with E-state index in [2.05, 4.69) is 4.90 Å². The Balaban J connectivity index is 1.91. The first kappa shape index (κ1) is 13.5. The fraction of sp³-hybridized carbons (Fsp3) is 0.857. The lowest BCUT2D eigenvalue weighted by Gasteiger charge is -2.29. The van der Waals surface area contributed by atoms with E-state index in [1.165, 1.54) is 32.1 Å². The zero-order valence-corrected chi connectivity index (χ0v) is 11.3. The van der Waals surface area contributed by atoms with Crippen molar-refractivity contribution in [1.29, 1.82) is 5.41 Å². The van der Waals surface area contributed by atoms with Gasteiger partial charge in [-0.3, -0.25) is 9.69 Å². The van der Waals surface area contributed by atoms with Crippen molar-refractivity contribution in [2.75, 3.05) is 19.7 Å². The number of carbonyl (C=O) groups excluding carboxylic acids is 1. The van der Waals surface area contributed by atoms with Crippen molar-refractivity contribution < 1.29 is 9.53 Å². The fourth-order valence-corrected chi connectivity index (χ4v) is 3.15. The predicted molar refractivity (Wildman–Crippen MR) is 70.9 cm³/mol. The molecule has 1 saturated heterocycles. The Kier molecular flexibility index (Phi) is 4.75. The second-order valence-corrected chi connectivity index (χ2v) is 5.51. The number of esters is 1. The Morgan fingerprint density at radius 2 is 2.11 bits per heavy atom. The van der Waals surface area contributed by atoms with Crippen LogP contribution < -0.4 is 0 Å². The Labute approximate surface area is 109 Å². The summed E-state index contributed by atoms with van der Waals surface area (Å²) in [6, 6.07) is -0.195. The molecular weight excluding hydrogens is 228 g/mol. The molecule has 0 radical (unpaired) electrons. The van der Waals surface area contributed by atoms with Crippen LogP contribution in [0.5, 0.6) is 0 Å². The molecule has 0 spiro atoms. The van der Waals surface area contributed by atoms with Gasteiger partial charge in [-0.15, -0.1) is 0 Å². The van der Waals surface area contributed by atoms with Gasteiger partial charge in [0, 0.05) is 25.2 Å². The van der Waals surface area contributed by atoms with Gasteiger partial charge in [0.1, 0.15) is 6.04 Å². The normalized spacial score (nSPS) is 26.5. The third kappa shape index (κ3) is 3.31. The van der Waals surface area contributed by atoms with Gasteiger partial charge >= 0.3 is 5.97 Å². The van der Waals surface area contributed by atoms with Gasteiger partial charge < -0.3 is 10.1 Å². The number of likely N-dealkylation sites (tertiary alicyclic amines) is 1. The summed E-state index contributed by atoms with van der Waals surface area (Å²) in [7, 11) is 0. The van der Waals surface area contributed by atoms with Crippen LogP contribution in [0.2, 0.25) is 0 Å². The lowest BCUT2D eigenvalue weighted by atomic mass is 9.89. The molecule has 18 heavy (non-hydrogen) atoms. The number of nitrogens with zero attached hydrogens (tertiary/aromatic N) is 1. The number of ether oxygens (including phenoxy) is 1. The third-order valence-corrected chi connectivity index (χ3v) is 4.05. The molecular formula is C14H24N2O2. The van der Waals surface area contributed by atoms with E-state index in [9.17, 15) is 4.79 Å². The Morgan fingerprint density at radius 3 is 2.78 bits per heavy atom. The molecule has 2 fully saturated rings. The van der Waals surface area contributed by atoms with Crippen LogP contribution in [0.1, 0.15) is 45.4 Å². The summed E-state index contributed by atoms with van der Waals surface area (Å²) in [6.45, 7) is 3.88. The van der Waals surface area contributed by atoms with Gasteiger partial charge in [0.15, 0.2) is 0 Å². The summed E-state index contributed by atoms with van der Waals surface area (Å²) >= 11 is 0. The third-order valence-electron chi connectivity index (χ3n) is 4.05. The van der Waals surface area contributed by atoms with Gasteiger partial charge in [-0.25, -0.2) is 0 Å². The van der Waals surface area contributed by atoms with E-state index >= 15 is 0 Å². The number of hydrogen-bond acceptors (Lipinski definition) is 4. The number of hydrogen-bond donors (Lipinski definition) is 1. The highest BCUT2D eigenvalue weighted by Crippen LogP contribution is 2.27. The molecule has 2 aliphatic rings. The molecule has 0 amide bonds. The van der Waals surface area contributed by atoms with Crippen LogP contribution >= 0.6 is 0 Å². The summed E-state index contributed by atoms with van der Waals surface area (Å²) in [5.41, 5.74) is 0.670. The lowest BCUT2D eigenvalue weighted by Crippen LogP contribution is -2.40. The average Bonchev–Trinajstić information content (AvgIpc) is 2.72. The summed E-state index contributed by atoms with van der Waals surface area (Å²) < 4.78 is 5.12. The summed E-state index contributed by atoms with van der Waals surface area (Å²) in [4.78, 5) is 14.0. The van der Waals surface area contributed by atoms with Crippen LogP contribution in [0.4, 0.5) is 0 Å². The minimum Gasteiger partial charge on any atom is -0.465 e. The molecule has 0 aromatic carbocycles. The molecule has 4 heteroatoms. The maximum absolute atomic E-state index is 11.9. The van der Waals surface area contributed by atoms with Crippen molar-refractivity contribution in [2.45, 2.75) is 51.5 Å². The first-order valence-corrected chi connectivity index (χ1v) is 7.17. The quantitative estimate of drug-likeness (QED) is 0.781. The molecule has 4 nitrogen and oxygen atoms in total. The van der Waals surface area contributed by atoms with E-state index in [0.29, 0.717) is 31.2 Å². The van der Waals surface area contributed by atoms with E-state index in [0.717, 1.165) is 6.54 Å². The molecule has 2 rings (SSSR count). The molecule has 1 aliphatic carbocycles. The maximum atomic E-state index is 11.9. The summed E-state index contributed by atoms with van der Waals surface area (Å²) in [6.07, 6.45) is 7.11. The minimum atomic E-state index is -0.195. The standard InChI is InChI=1S/C14H24N2O2/c1-2-18-14(17)13-8-12(15)10-16(13)9-11-6-4-3-5-7-11/h11,13,15H,2-10H2,1H3/t13-/m0/s1. The highest BCUT2D eigenvalue weighted by molar-refractivity contribution is 5.92. The van der Waals surface area contributed by atoms with E-state index in [4.69, 9.17) is 10.1 Å². The van der Waals surface area contributed by atoms with Gasteiger partial charge in [0.05, 0.1) is 6.61 Å². The molecule has 102 valence electrons. The van der Waals surface area contributed by atoms with Crippen LogP contribution in [0.25, 0.3) is 0 Å². The Bertz CT molecular complexity index is 311. The monoisotopic (exact) mass is 252 g/mol. The van der Waals surface area contributed by atoms with Crippen LogP contribution in [0.15, 0.2) is 0 Å². The number of carbonyl (C=O) groups is 1. The molecule has 1 N–H and O–H groups in total. The zero-order valence-electron chi connectivity index (χ0n) is 11.3. The van der Waals surface area contributed by atoms with Crippen molar-refractivity contribution in [1.82, 2.24) is 4.90 Å². The molecule has 1 aliphatic heterocycles. The van der Waals surface area contributed by atoms with Gasteiger partial charge in [0.2, 0.25) is 0 Å². The Hall–Kier alpha value is -0.900. The topological polar surface area (TPSA) is 53.4 Å². The highest BCUT2D eigenvalue weighted by atomic mass is 16.5. The fourth-order valence-electron chi connectivity index (χ4n) is 3.15. The molecule has 0 bridgehead atoms. The van der Waals surface area contributed by atoms with Gasteiger partial charge in [-0.2, -0.15) is 0 Å². The molecule has 1 heterocycles. The minimum absolute atomic E-state index is 0.143. The second kappa shape index (κ2) is 6.32. The molecule has 1 atom stereocenters. The van der Waals surface area contributed by atoms with Crippen LogP contribution in [-0.2, 0) is 9.53 Å². The van der Waals surface area contributed by atoms with Gasteiger partial charge in [-0.1, -0.05) is 19.3 Å². The summed E-state index contributed by atoms with van der Waals surface area (Å²) in [5, 5.41) is 7.80. The van der Waals surface area contributed by atoms with Crippen molar-refractivity contribution >= 4 is 11.7 Å². The molecule has 0 unspecified atom stereocenters. The van der Waals surface area contributed by atoms with Crippen LogP contribution in [0, 0.1) is 11.3 Å². The zero-order chi connectivity index (χ0) is 13.0.